The van der Waals surface area contributed by atoms with Crippen molar-refractivity contribution in [3.8, 4) is 0 Å². The van der Waals surface area contributed by atoms with Crippen LogP contribution in [0.15, 0.2) is 48.5 Å². The molecule has 1 amide bonds. The van der Waals surface area contributed by atoms with Gasteiger partial charge in [-0.15, -0.1) is 0 Å². The van der Waals surface area contributed by atoms with Crippen molar-refractivity contribution in [3.63, 3.8) is 0 Å². The van der Waals surface area contributed by atoms with Crippen LogP contribution in [0.4, 0.5) is 5.69 Å². The Labute approximate surface area is 139 Å². The van der Waals surface area contributed by atoms with Crippen molar-refractivity contribution >= 4 is 29.0 Å². The van der Waals surface area contributed by atoms with Crippen molar-refractivity contribution in [2.24, 2.45) is 5.92 Å². The molecule has 5 heteroatoms. The van der Waals surface area contributed by atoms with Crippen LogP contribution in [0.5, 0.6) is 0 Å². The van der Waals surface area contributed by atoms with Crippen molar-refractivity contribution in [1.29, 1.82) is 0 Å². The van der Waals surface area contributed by atoms with Gasteiger partial charge in [-0.1, -0.05) is 36.7 Å². The van der Waals surface area contributed by atoms with Crippen LogP contribution < -0.4 is 4.90 Å². The molecule has 0 aliphatic carbocycles. The van der Waals surface area contributed by atoms with Crippen LogP contribution in [-0.4, -0.2) is 23.8 Å². The first-order valence-electron chi connectivity index (χ1n) is 7.27. The molecule has 2 aromatic rings. The monoisotopic (exact) mass is 329 g/mol. The number of ketones is 1. The first kappa shape index (κ1) is 15.7. The molecule has 23 heavy (non-hydrogen) atoms. The summed E-state index contributed by atoms with van der Waals surface area (Å²) in [5.41, 5.74) is -0.365. The summed E-state index contributed by atoms with van der Waals surface area (Å²) < 4.78 is 0. The number of rotatable bonds is 3. The maximum Gasteiger partial charge on any atom is 0.264 e. The number of carbonyl (C=O) groups is 2. The molecular formula is C18H16ClNO3. The van der Waals surface area contributed by atoms with Gasteiger partial charge in [0.15, 0.2) is 11.4 Å². The van der Waals surface area contributed by atoms with Gasteiger partial charge in [0.25, 0.3) is 5.91 Å². The molecule has 0 saturated carbocycles. The summed E-state index contributed by atoms with van der Waals surface area (Å²) in [5, 5.41) is 11.6. The average molecular weight is 330 g/mol. The maximum absolute atomic E-state index is 12.7. The fourth-order valence-electron chi connectivity index (χ4n) is 3.04. The molecule has 0 aromatic heterocycles. The van der Waals surface area contributed by atoms with Gasteiger partial charge in [0, 0.05) is 23.2 Å². The Morgan fingerprint density at radius 3 is 2.43 bits per heavy atom. The summed E-state index contributed by atoms with van der Waals surface area (Å²) in [4.78, 5) is 26.7. The zero-order chi connectivity index (χ0) is 16.8. The normalized spacial score (nSPS) is 21.2. The molecule has 2 aromatic carbocycles. The Balaban J connectivity index is 2.04. The topological polar surface area (TPSA) is 57.6 Å². The van der Waals surface area contributed by atoms with E-state index in [-0.39, 0.29) is 5.78 Å². The van der Waals surface area contributed by atoms with Crippen LogP contribution in [0.1, 0.15) is 22.8 Å². The van der Waals surface area contributed by atoms with Crippen molar-refractivity contribution in [2.75, 3.05) is 11.9 Å². The van der Waals surface area contributed by atoms with E-state index in [0.29, 0.717) is 21.8 Å². The van der Waals surface area contributed by atoms with E-state index in [1.54, 1.807) is 62.5 Å². The second kappa shape index (κ2) is 5.48. The largest absolute Gasteiger partial charge is 0.375 e. The van der Waals surface area contributed by atoms with Crippen LogP contribution in [0, 0.1) is 5.92 Å². The minimum absolute atomic E-state index is 0.303. The lowest BCUT2D eigenvalue weighted by atomic mass is 9.79. The smallest absolute Gasteiger partial charge is 0.264 e. The van der Waals surface area contributed by atoms with Gasteiger partial charge in [0.05, 0.1) is 11.6 Å². The number of amides is 1. The number of carbonyl (C=O) groups excluding carboxylic acids is 2. The number of likely N-dealkylation sites (N-methyl/N-ethyl adjacent to an activating group) is 1. The van der Waals surface area contributed by atoms with Crippen LogP contribution in [0.2, 0.25) is 5.02 Å². The SMILES string of the molecule is CC(C(=O)c1ccc(Cl)cc1)C1(O)C(=O)N(C)c2ccccc21. The highest BCUT2D eigenvalue weighted by molar-refractivity contribution is 6.30. The number of halogens is 1. The standard InChI is InChI=1S/C18H16ClNO3/c1-11(16(21)12-7-9-13(19)10-8-12)18(23)14-5-3-4-6-15(14)20(2)17(18)22/h3-11,23H,1-2H3. The van der Waals surface area contributed by atoms with Crippen molar-refractivity contribution in [2.45, 2.75) is 12.5 Å². The molecule has 0 saturated heterocycles. The second-order valence-electron chi connectivity index (χ2n) is 5.74. The third-order valence-corrected chi connectivity index (χ3v) is 4.71. The number of fused-ring (bicyclic) bond motifs is 1. The molecule has 2 unspecified atom stereocenters. The van der Waals surface area contributed by atoms with Crippen molar-refractivity contribution in [3.05, 3.63) is 64.7 Å². The summed E-state index contributed by atoms with van der Waals surface area (Å²) in [5.74, 6) is -1.71. The van der Waals surface area contributed by atoms with Gasteiger partial charge in [0.1, 0.15) is 0 Å². The maximum atomic E-state index is 12.7. The number of benzene rings is 2. The third-order valence-electron chi connectivity index (χ3n) is 4.46. The van der Waals surface area contributed by atoms with Gasteiger partial charge in [-0.3, -0.25) is 9.59 Å². The summed E-state index contributed by atoms with van der Waals surface area (Å²) >= 11 is 5.84. The average Bonchev–Trinajstić information content (AvgIpc) is 2.77. The van der Waals surface area contributed by atoms with Gasteiger partial charge >= 0.3 is 0 Å². The number of nitrogens with zero attached hydrogens (tertiary/aromatic N) is 1. The van der Waals surface area contributed by atoms with E-state index >= 15 is 0 Å². The zero-order valence-electron chi connectivity index (χ0n) is 12.8. The molecular weight excluding hydrogens is 314 g/mol. The Hall–Kier alpha value is -2.17. The number of Topliss-reactive ketones (excluding diaryl/α,β-unsaturated/α-hetero) is 1. The summed E-state index contributed by atoms with van der Waals surface area (Å²) in [7, 11) is 1.60. The van der Waals surface area contributed by atoms with Gasteiger partial charge in [-0.25, -0.2) is 0 Å². The highest BCUT2D eigenvalue weighted by Gasteiger charge is 2.54. The van der Waals surface area contributed by atoms with E-state index in [1.807, 2.05) is 0 Å². The van der Waals surface area contributed by atoms with Crippen LogP contribution in [0.25, 0.3) is 0 Å². The Bertz CT molecular complexity index is 787. The molecule has 0 fully saturated rings. The van der Waals surface area contributed by atoms with Crippen molar-refractivity contribution in [1.82, 2.24) is 0 Å². The van der Waals surface area contributed by atoms with Crippen LogP contribution >= 0.6 is 11.6 Å². The minimum Gasteiger partial charge on any atom is -0.375 e. The molecule has 1 aliphatic rings. The number of para-hydroxylation sites is 1. The zero-order valence-corrected chi connectivity index (χ0v) is 13.5. The van der Waals surface area contributed by atoms with Crippen LogP contribution in [0.3, 0.4) is 0 Å². The molecule has 0 radical (unpaired) electrons. The predicted octanol–water partition coefficient (Wildman–Crippen LogP) is 3.02. The lowest BCUT2D eigenvalue weighted by Gasteiger charge is -2.28. The van der Waals surface area contributed by atoms with E-state index < -0.39 is 17.4 Å². The fourth-order valence-corrected chi connectivity index (χ4v) is 3.17. The number of hydrogen-bond donors (Lipinski definition) is 1. The molecule has 1 aliphatic heterocycles. The van der Waals surface area contributed by atoms with Crippen molar-refractivity contribution < 1.29 is 14.7 Å². The van der Waals surface area contributed by atoms with E-state index in [2.05, 4.69) is 0 Å². The Morgan fingerprint density at radius 1 is 1.17 bits per heavy atom. The number of aliphatic hydroxyl groups is 1. The highest BCUT2D eigenvalue weighted by Crippen LogP contribution is 2.44. The summed E-state index contributed by atoms with van der Waals surface area (Å²) in [6, 6.07) is 13.4. The minimum atomic E-state index is -1.86. The molecule has 1 heterocycles. The third kappa shape index (κ3) is 2.26. The first-order valence-corrected chi connectivity index (χ1v) is 7.65. The van der Waals surface area contributed by atoms with E-state index in [0.717, 1.165) is 0 Å². The summed E-state index contributed by atoms with van der Waals surface area (Å²) in [6.45, 7) is 1.57. The molecule has 0 spiro atoms. The molecule has 118 valence electrons. The lowest BCUT2D eigenvalue weighted by molar-refractivity contribution is -0.139. The molecule has 0 bridgehead atoms. The molecule has 4 nitrogen and oxygen atoms in total. The van der Waals surface area contributed by atoms with E-state index in [4.69, 9.17) is 11.6 Å². The number of anilines is 1. The van der Waals surface area contributed by atoms with Gasteiger partial charge in [-0.2, -0.15) is 0 Å². The van der Waals surface area contributed by atoms with E-state index in [9.17, 15) is 14.7 Å². The van der Waals surface area contributed by atoms with E-state index in [1.165, 1.54) is 4.90 Å². The van der Waals surface area contributed by atoms with Gasteiger partial charge in [0.2, 0.25) is 0 Å². The highest BCUT2D eigenvalue weighted by atomic mass is 35.5. The summed E-state index contributed by atoms with van der Waals surface area (Å²) in [6.07, 6.45) is 0. The fraction of sp³-hybridized carbons (Fsp3) is 0.222. The second-order valence-corrected chi connectivity index (χ2v) is 6.18. The molecule has 3 rings (SSSR count). The Kier molecular flexibility index (Phi) is 3.74. The van der Waals surface area contributed by atoms with Gasteiger partial charge in [-0.05, 0) is 30.3 Å². The predicted molar refractivity (Wildman–Crippen MR) is 88.7 cm³/mol. The first-order chi connectivity index (χ1) is 10.9. The number of hydrogen-bond acceptors (Lipinski definition) is 3. The quantitative estimate of drug-likeness (QED) is 0.881. The Morgan fingerprint density at radius 2 is 1.78 bits per heavy atom. The van der Waals surface area contributed by atoms with Crippen LogP contribution in [-0.2, 0) is 10.4 Å². The molecule has 2 atom stereocenters. The molecule has 1 N–H and O–H groups in total. The lowest BCUT2D eigenvalue weighted by Crippen LogP contribution is -2.46. The van der Waals surface area contributed by atoms with Gasteiger partial charge < -0.3 is 10.0 Å².